The second-order valence-corrected chi connectivity index (χ2v) is 4.38. The highest BCUT2D eigenvalue weighted by Gasteiger charge is 2.31. The fourth-order valence-corrected chi connectivity index (χ4v) is 2.44. The van der Waals surface area contributed by atoms with Crippen molar-refractivity contribution in [2.45, 2.75) is 18.1 Å². The van der Waals surface area contributed by atoms with E-state index in [-0.39, 0.29) is 23.2 Å². The maximum absolute atomic E-state index is 11.3. The van der Waals surface area contributed by atoms with E-state index in [1.54, 1.807) is 7.05 Å². The number of carbonyl (C=O) groups is 2. The minimum absolute atomic E-state index is 0.00546. The summed E-state index contributed by atoms with van der Waals surface area (Å²) in [5, 5.41) is 10.8. The van der Waals surface area contributed by atoms with Crippen molar-refractivity contribution in [3.8, 4) is 0 Å². The van der Waals surface area contributed by atoms with Crippen molar-refractivity contribution in [2.75, 3.05) is 12.8 Å². The van der Waals surface area contributed by atoms with Crippen molar-refractivity contribution < 1.29 is 19.7 Å². The first-order chi connectivity index (χ1) is 7.17. The highest BCUT2D eigenvalue weighted by Crippen LogP contribution is 2.25. The van der Waals surface area contributed by atoms with E-state index >= 15 is 0 Å². The predicted molar refractivity (Wildman–Crippen MR) is 56.4 cm³/mol. The number of thioether (sulfide) groups is 1. The second kappa shape index (κ2) is 5.77. The fraction of sp³-hybridized carbons (Fsp3) is 0.556. The van der Waals surface area contributed by atoms with Crippen LogP contribution < -0.4 is 5.32 Å². The Morgan fingerprint density at radius 3 is 2.93 bits per heavy atom. The molecule has 1 aliphatic carbocycles. The van der Waals surface area contributed by atoms with Gasteiger partial charge < -0.3 is 10.2 Å². The van der Waals surface area contributed by atoms with Gasteiger partial charge in [0.25, 0.3) is 0 Å². The largest absolute Gasteiger partial charge is 0.388 e. The smallest absolute Gasteiger partial charge is 0.153 e. The number of hydrogen-bond acceptors (Lipinski definition) is 6. The van der Waals surface area contributed by atoms with Crippen LogP contribution in [0.4, 0.5) is 0 Å². The molecule has 1 fully saturated rings. The van der Waals surface area contributed by atoms with Crippen LogP contribution in [-0.4, -0.2) is 34.9 Å². The van der Waals surface area contributed by atoms with E-state index in [0.29, 0.717) is 17.9 Å². The molecule has 0 spiro atoms. The number of carbonyl (C=O) groups excluding carboxylic acids is 2. The van der Waals surface area contributed by atoms with E-state index in [1.807, 2.05) is 0 Å². The van der Waals surface area contributed by atoms with Crippen molar-refractivity contribution in [1.82, 2.24) is 5.32 Å². The van der Waals surface area contributed by atoms with Gasteiger partial charge in [0.2, 0.25) is 0 Å². The lowest BCUT2D eigenvalue weighted by Gasteiger charge is -2.08. The number of Topliss-reactive ketones (excluding diaryl/α,β-unsaturated/α-hetero) is 2. The molecule has 0 aliphatic heterocycles. The standard InChI is InChI=1S/C9H13NO4S/c1-10-6(4-14-13)5-15-9-3-7(11)2-8(9)12/h4,9-10,13H,2-3,5H2,1H3/b6-4-. The Hall–Kier alpha value is -1.01. The SMILES string of the molecule is CN/C(=C\OO)CSC1CC(=O)CC1=O. The molecule has 15 heavy (non-hydrogen) atoms. The van der Waals surface area contributed by atoms with Crippen LogP contribution in [0.3, 0.4) is 0 Å². The Kier molecular flexibility index (Phi) is 4.64. The molecule has 84 valence electrons. The molecule has 1 atom stereocenters. The molecule has 0 radical (unpaired) electrons. The van der Waals surface area contributed by atoms with E-state index in [9.17, 15) is 9.59 Å². The summed E-state index contributed by atoms with van der Waals surface area (Å²) >= 11 is 1.38. The van der Waals surface area contributed by atoms with Gasteiger partial charge in [0.05, 0.1) is 17.4 Å². The lowest BCUT2D eigenvalue weighted by atomic mass is 10.3. The lowest BCUT2D eigenvalue weighted by molar-refractivity contribution is -0.187. The predicted octanol–water partition coefficient (Wildman–Crippen LogP) is 0.571. The summed E-state index contributed by atoms with van der Waals surface area (Å²) in [5.41, 5.74) is 0.662. The summed E-state index contributed by atoms with van der Waals surface area (Å²) < 4.78 is 0. The van der Waals surface area contributed by atoms with Crippen molar-refractivity contribution in [2.24, 2.45) is 0 Å². The molecule has 0 aromatic heterocycles. The molecule has 6 heteroatoms. The first-order valence-electron chi connectivity index (χ1n) is 4.50. The van der Waals surface area contributed by atoms with Gasteiger partial charge in [0, 0.05) is 19.2 Å². The molecule has 1 aliphatic rings. The fourth-order valence-electron chi connectivity index (χ4n) is 1.27. The molecule has 0 heterocycles. The Bertz CT molecular complexity index is 290. The molecule has 2 N–H and O–H groups in total. The van der Waals surface area contributed by atoms with Gasteiger partial charge in [-0.25, -0.2) is 5.26 Å². The minimum Gasteiger partial charge on any atom is -0.388 e. The first-order valence-corrected chi connectivity index (χ1v) is 5.55. The molecule has 1 saturated carbocycles. The summed E-state index contributed by atoms with van der Waals surface area (Å²) in [6, 6.07) is 0. The number of nitrogens with one attached hydrogen (secondary N) is 1. The van der Waals surface area contributed by atoms with Gasteiger partial charge in [-0.15, -0.1) is 11.8 Å². The van der Waals surface area contributed by atoms with E-state index < -0.39 is 0 Å². The third-order valence-corrected chi connectivity index (χ3v) is 3.41. The summed E-state index contributed by atoms with van der Waals surface area (Å²) in [6.45, 7) is 0. The van der Waals surface area contributed by atoms with E-state index in [2.05, 4.69) is 10.2 Å². The van der Waals surface area contributed by atoms with Gasteiger partial charge in [-0.3, -0.25) is 9.59 Å². The molecule has 1 unspecified atom stereocenters. The Morgan fingerprint density at radius 2 is 2.47 bits per heavy atom. The lowest BCUT2D eigenvalue weighted by Crippen LogP contribution is -2.14. The molecule has 1 rings (SSSR count). The normalized spacial score (nSPS) is 22.0. The van der Waals surface area contributed by atoms with Crippen molar-refractivity contribution in [3.63, 3.8) is 0 Å². The topological polar surface area (TPSA) is 75.6 Å². The summed E-state index contributed by atoms with van der Waals surface area (Å²) in [7, 11) is 1.69. The third kappa shape index (κ3) is 3.56. The van der Waals surface area contributed by atoms with Gasteiger partial charge in [-0.2, -0.15) is 0 Å². The quantitative estimate of drug-likeness (QED) is 0.312. The monoisotopic (exact) mass is 231 g/mol. The van der Waals surface area contributed by atoms with Crippen LogP contribution in [-0.2, 0) is 14.5 Å². The first kappa shape index (κ1) is 12.1. The second-order valence-electron chi connectivity index (χ2n) is 3.18. The van der Waals surface area contributed by atoms with Crippen LogP contribution >= 0.6 is 11.8 Å². The molecule has 0 saturated heterocycles. The van der Waals surface area contributed by atoms with Gasteiger partial charge >= 0.3 is 0 Å². The molecular formula is C9H13NO4S. The highest BCUT2D eigenvalue weighted by molar-refractivity contribution is 8.00. The average Bonchev–Trinajstić information content (AvgIpc) is 2.52. The van der Waals surface area contributed by atoms with Crippen LogP contribution in [0.5, 0.6) is 0 Å². The summed E-state index contributed by atoms with van der Waals surface area (Å²) in [6.07, 6.45) is 1.54. The van der Waals surface area contributed by atoms with Gasteiger partial charge in [-0.05, 0) is 0 Å². The molecular weight excluding hydrogens is 218 g/mol. The number of hydrogen-bond donors (Lipinski definition) is 2. The van der Waals surface area contributed by atoms with Gasteiger partial charge in [-0.1, -0.05) is 0 Å². The van der Waals surface area contributed by atoms with Crippen LogP contribution in [0.2, 0.25) is 0 Å². The van der Waals surface area contributed by atoms with E-state index in [4.69, 9.17) is 5.26 Å². The van der Waals surface area contributed by atoms with Crippen LogP contribution in [0, 0.1) is 0 Å². The average molecular weight is 231 g/mol. The van der Waals surface area contributed by atoms with Crippen molar-refractivity contribution in [1.29, 1.82) is 0 Å². The molecule has 5 nitrogen and oxygen atoms in total. The third-order valence-electron chi connectivity index (χ3n) is 2.10. The molecule has 0 bridgehead atoms. The van der Waals surface area contributed by atoms with Crippen molar-refractivity contribution >= 4 is 23.3 Å². The van der Waals surface area contributed by atoms with E-state index in [0.717, 1.165) is 6.26 Å². The van der Waals surface area contributed by atoms with Crippen LogP contribution in [0.25, 0.3) is 0 Å². The number of ketones is 2. The molecule has 0 aromatic carbocycles. The van der Waals surface area contributed by atoms with Crippen molar-refractivity contribution in [3.05, 3.63) is 12.0 Å². The zero-order valence-electron chi connectivity index (χ0n) is 8.36. The van der Waals surface area contributed by atoms with Gasteiger partial charge in [0.1, 0.15) is 12.0 Å². The summed E-state index contributed by atoms with van der Waals surface area (Å²) in [4.78, 5) is 26.1. The van der Waals surface area contributed by atoms with Gasteiger partial charge in [0.15, 0.2) is 5.78 Å². The molecule has 0 amide bonds. The Labute approximate surface area is 91.8 Å². The number of rotatable bonds is 5. The Morgan fingerprint density at radius 1 is 1.73 bits per heavy atom. The highest BCUT2D eigenvalue weighted by atomic mass is 32.2. The van der Waals surface area contributed by atoms with Crippen LogP contribution in [0.1, 0.15) is 12.8 Å². The zero-order chi connectivity index (χ0) is 11.3. The maximum atomic E-state index is 11.3. The zero-order valence-corrected chi connectivity index (χ0v) is 9.17. The summed E-state index contributed by atoms with van der Waals surface area (Å²) in [5.74, 6) is 0.497. The Balaban J connectivity index is 2.39. The minimum atomic E-state index is -0.243. The maximum Gasteiger partial charge on any atom is 0.153 e. The van der Waals surface area contributed by atoms with E-state index in [1.165, 1.54) is 11.8 Å². The van der Waals surface area contributed by atoms with Crippen LogP contribution in [0.15, 0.2) is 12.0 Å². The molecule has 0 aromatic rings.